The number of hydrogen-bond acceptors (Lipinski definition) is 9. The van der Waals surface area contributed by atoms with Crippen LogP contribution in [-0.2, 0) is 12.4 Å². The van der Waals surface area contributed by atoms with Crippen LogP contribution in [0, 0.1) is 0 Å². The van der Waals surface area contributed by atoms with E-state index in [1.807, 2.05) is 0 Å². The van der Waals surface area contributed by atoms with Gasteiger partial charge in [0.15, 0.2) is 17.1 Å². The Bertz CT molecular complexity index is 2310. The summed E-state index contributed by atoms with van der Waals surface area (Å²) in [5, 5.41) is 12.1. The minimum absolute atomic E-state index is 0.00996. The van der Waals surface area contributed by atoms with Gasteiger partial charge in [-0.15, -0.1) is 0 Å². The number of hydrogen-bond donors (Lipinski definition) is 2. The maximum Gasteiger partial charge on any atom is 0.421 e. The van der Waals surface area contributed by atoms with Crippen molar-refractivity contribution in [1.29, 1.82) is 0 Å². The van der Waals surface area contributed by atoms with E-state index in [0.717, 1.165) is 9.03 Å². The van der Waals surface area contributed by atoms with Crippen LogP contribution >= 0.6 is 11.6 Å². The fraction of sp³-hybridized carbons (Fsp3) is 0.0667. The molecule has 50 heavy (non-hydrogen) atoms. The topological polar surface area (TPSA) is 158 Å². The summed E-state index contributed by atoms with van der Waals surface area (Å²) in [6.45, 7) is 0. The van der Waals surface area contributed by atoms with Crippen molar-refractivity contribution in [3.63, 3.8) is 0 Å². The highest BCUT2D eigenvalue weighted by molar-refractivity contribution is 6.29. The van der Waals surface area contributed by atoms with Crippen LogP contribution in [0.5, 0.6) is 0 Å². The number of nitrogens with one attached hydrogen (secondary N) is 2. The zero-order valence-electron chi connectivity index (χ0n) is 24.6. The Morgan fingerprint density at radius 3 is 1.68 bits per heavy atom. The smallest absolute Gasteiger partial charge is 0.421 e. The van der Waals surface area contributed by atoms with Gasteiger partial charge in [0.1, 0.15) is 33.6 Å². The molecule has 7 heterocycles. The minimum Gasteiger partial charge on any atom is -0.463 e. The Kier molecular flexibility index (Phi) is 8.89. The Morgan fingerprint density at radius 1 is 0.700 bits per heavy atom. The molecule has 0 unspecified atom stereocenters. The van der Waals surface area contributed by atoms with Crippen molar-refractivity contribution >= 4 is 46.3 Å². The number of anilines is 2. The Balaban J connectivity index is 0.000000175. The third kappa shape index (κ3) is 7.06. The first-order valence-corrected chi connectivity index (χ1v) is 14.2. The monoisotopic (exact) mass is 714 g/mol. The van der Waals surface area contributed by atoms with Gasteiger partial charge in [0.2, 0.25) is 0 Å². The van der Waals surface area contributed by atoms with E-state index in [9.17, 15) is 35.9 Å². The molecule has 0 atom stereocenters. The first-order valence-electron chi connectivity index (χ1n) is 13.8. The van der Waals surface area contributed by atoms with Gasteiger partial charge in [0.25, 0.3) is 11.8 Å². The molecule has 0 saturated carbocycles. The summed E-state index contributed by atoms with van der Waals surface area (Å²) in [7, 11) is 0. The molecule has 0 fully saturated rings. The summed E-state index contributed by atoms with van der Waals surface area (Å²) in [6.07, 6.45) is -0.986. The second-order valence-corrected chi connectivity index (χ2v) is 10.3. The lowest BCUT2D eigenvalue weighted by molar-refractivity contribution is -0.137. The van der Waals surface area contributed by atoms with Crippen LogP contribution in [0.4, 0.5) is 38.0 Å². The molecule has 254 valence electrons. The molecule has 7 aromatic rings. The van der Waals surface area contributed by atoms with E-state index < -0.39 is 46.6 Å². The van der Waals surface area contributed by atoms with Crippen LogP contribution < -0.4 is 10.6 Å². The molecule has 0 spiro atoms. The molecule has 0 radical (unpaired) electrons. The average Bonchev–Trinajstić information content (AvgIpc) is 3.86. The maximum atomic E-state index is 13.3. The zero-order chi connectivity index (χ0) is 35.6. The minimum atomic E-state index is -4.65. The molecule has 0 aliphatic rings. The molecule has 7 aromatic heterocycles. The molecule has 0 saturated heterocycles. The van der Waals surface area contributed by atoms with Crippen molar-refractivity contribution in [2.75, 3.05) is 10.6 Å². The normalized spacial score (nSPS) is 11.7. The van der Waals surface area contributed by atoms with Crippen molar-refractivity contribution in [2.45, 2.75) is 12.4 Å². The number of aromatic nitrogens is 8. The largest absolute Gasteiger partial charge is 0.463 e. The number of halogens is 7. The number of amides is 2. The van der Waals surface area contributed by atoms with Gasteiger partial charge >= 0.3 is 12.4 Å². The second kappa shape index (κ2) is 13.3. The van der Waals surface area contributed by atoms with E-state index in [2.05, 4.69) is 40.8 Å². The second-order valence-electron chi connectivity index (χ2n) is 9.94. The van der Waals surface area contributed by atoms with E-state index in [1.54, 1.807) is 24.3 Å². The Labute approximate surface area is 279 Å². The number of fused-ring (bicyclic) bond motifs is 2. The fourth-order valence-corrected chi connectivity index (χ4v) is 4.58. The van der Waals surface area contributed by atoms with Gasteiger partial charge in [-0.1, -0.05) is 11.6 Å². The van der Waals surface area contributed by atoms with E-state index in [0.29, 0.717) is 12.4 Å². The molecule has 0 bridgehead atoms. The van der Waals surface area contributed by atoms with Crippen LogP contribution in [0.1, 0.15) is 31.8 Å². The summed E-state index contributed by atoms with van der Waals surface area (Å²) >= 11 is 5.75. The fourth-order valence-electron chi connectivity index (χ4n) is 4.40. The summed E-state index contributed by atoms with van der Waals surface area (Å²) in [5.41, 5.74) is -2.41. The van der Waals surface area contributed by atoms with Crippen molar-refractivity contribution < 1.29 is 40.3 Å². The van der Waals surface area contributed by atoms with E-state index >= 15 is 0 Å². The number of nitrogens with zero attached hydrogens (tertiary/aromatic N) is 8. The van der Waals surface area contributed by atoms with Gasteiger partial charge in [-0.2, -0.15) is 45.6 Å². The zero-order valence-corrected chi connectivity index (χ0v) is 25.4. The number of carbonyl (C=O) groups excluding carboxylic acids is 2. The number of rotatable bonds is 5. The number of alkyl halides is 6. The SMILES string of the molecule is O=C(Nc1cc(-c2ccco2)nc2c(C(F)(F)F)cnn12)c1cccnc1.O=C(Nc1cc(Cl)nc2c(C(F)(F)F)cnn12)c1cccnc1. The van der Waals surface area contributed by atoms with Gasteiger partial charge < -0.3 is 15.1 Å². The highest BCUT2D eigenvalue weighted by Crippen LogP contribution is 2.35. The highest BCUT2D eigenvalue weighted by atomic mass is 35.5. The van der Waals surface area contributed by atoms with Crippen LogP contribution in [0.2, 0.25) is 5.15 Å². The highest BCUT2D eigenvalue weighted by Gasteiger charge is 2.37. The molecule has 7 rings (SSSR count). The van der Waals surface area contributed by atoms with Crippen molar-refractivity contribution in [3.05, 3.63) is 119 Å². The third-order valence-corrected chi connectivity index (χ3v) is 6.82. The van der Waals surface area contributed by atoms with Gasteiger partial charge in [0, 0.05) is 36.9 Å². The van der Waals surface area contributed by atoms with E-state index in [1.165, 1.54) is 55.3 Å². The number of pyridine rings is 2. The van der Waals surface area contributed by atoms with Crippen molar-refractivity contribution in [3.8, 4) is 11.5 Å². The Morgan fingerprint density at radius 2 is 1.22 bits per heavy atom. The van der Waals surface area contributed by atoms with Crippen molar-refractivity contribution in [2.24, 2.45) is 0 Å². The predicted molar refractivity (Wildman–Crippen MR) is 163 cm³/mol. The van der Waals surface area contributed by atoms with Crippen LogP contribution in [0.25, 0.3) is 22.7 Å². The van der Waals surface area contributed by atoms with Crippen molar-refractivity contribution in [1.82, 2.24) is 39.2 Å². The predicted octanol–water partition coefficient (Wildman–Crippen LogP) is 6.70. The summed E-state index contributed by atoms with van der Waals surface area (Å²) in [5.74, 6) is -0.889. The lowest BCUT2D eigenvalue weighted by atomic mass is 10.2. The molecule has 2 N–H and O–H groups in total. The number of furan rings is 1. The van der Waals surface area contributed by atoms with Gasteiger partial charge in [-0.25, -0.2) is 9.97 Å². The van der Waals surface area contributed by atoms with Gasteiger partial charge in [-0.05, 0) is 36.4 Å². The molecular formula is C30H17ClF6N10O3. The van der Waals surface area contributed by atoms with E-state index in [4.69, 9.17) is 16.0 Å². The molecule has 20 heteroatoms. The molecule has 0 aliphatic carbocycles. The number of carbonyl (C=O) groups is 2. The molecule has 13 nitrogen and oxygen atoms in total. The summed E-state index contributed by atoms with van der Waals surface area (Å²) in [6, 6.07) is 11.9. The third-order valence-electron chi connectivity index (χ3n) is 6.63. The van der Waals surface area contributed by atoms with Crippen LogP contribution in [-0.4, -0.2) is 51.0 Å². The maximum absolute atomic E-state index is 13.3. The average molecular weight is 715 g/mol. The molecular weight excluding hydrogens is 698 g/mol. The standard InChI is InChI=1S/C17H10F3N5O2.C13H7ClF3N5O/c18-17(19,20)11-9-22-25-14(24-16(26)10-3-1-5-21-8-10)7-12(23-15(11)25)13-4-2-6-27-13;14-9-4-10(21-12(23)7-2-1-3-18-5-7)22-11(20-9)8(6-19-22)13(15,16)17/h1-9H,(H,24,26);1-6H,(H,21,23). The van der Waals surface area contributed by atoms with Gasteiger partial charge in [-0.3, -0.25) is 19.6 Å². The molecule has 0 aromatic carbocycles. The summed E-state index contributed by atoms with van der Waals surface area (Å²) < 4.78 is 85.5. The molecule has 0 aliphatic heterocycles. The lowest BCUT2D eigenvalue weighted by Gasteiger charge is -2.10. The van der Waals surface area contributed by atoms with Crippen LogP contribution in [0.3, 0.4) is 0 Å². The van der Waals surface area contributed by atoms with E-state index in [-0.39, 0.29) is 39.4 Å². The first kappa shape index (κ1) is 33.5. The molecule has 2 amide bonds. The lowest BCUT2D eigenvalue weighted by Crippen LogP contribution is -2.16. The Hall–Kier alpha value is -6.37. The van der Waals surface area contributed by atoms with Crippen LogP contribution in [0.15, 0.2) is 96.4 Å². The van der Waals surface area contributed by atoms with Gasteiger partial charge in [0.05, 0.1) is 29.8 Å². The quantitative estimate of drug-likeness (QED) is 0.146. The summed E-state index contributed by atoms with van der Waals surface area (Å²) in [4.78, 5) is 39.8. The first-order chi connectivity index (χ1) is 23.8.